The first-order valence-corrected chi connectivity index (χ1v) is 6.46. The Kier molecular flexibility index (Phi) is 3.85. The molecule has 2 rings (SSSR count). The molecule has 2 aromatic rings. The van der Waals surface area contributed by atoms with Crippen molar-refractivity contribution in [3.63, 3.8) is 0 Å². The number of hydrogen-bond acceptors (Lipinski definition) is 1. The lowest BCUT2D eigenvalue weighted by atomic mass is 10.1. The summed E-state index contributed by atoms with van der Waals surface area (Å²) < 4.78 is 11.0. The van der Waals surface area contributed by atoms with E-state index in [-0.39, 0.29) is 0 Å². The molecule has 0 aliphatic heterocycles. The van der Waals surface area contributed by atoms with Crippen molar-refractivity contribution in [2.75, 3.05) is 0 Å². The van der Waals surface area contributed by atoms with E-state index in [0.29, 0.717) is 4.90 Å². The molecule has 2 N–H and O–H groups in total. The molecule has 0 aliphatic carbocycles. The minimum Gasteiger partial charge on any atom is -0.248 e. The highest BCUT2D eigenvalue weighted by atomic mass is 32.2. The van der Waals surface area contributed by atoms with Crippen LogP contribution in [-0.2, 0) is 11.0 Å². The van der Waals surface area contributed by atoms with Gasteiger partial charge in [-0.25, -0.2) is 9.35 Å². The number of nitrogens with two attached hydrogens (primary N) is 1. The van der Waals surface area contributed by atoms with Crippen molar-refractivity contribution in [1.29, 1.82) is 0 Å². The van der Waals surface area contributed by atoms with Crippen LogP contribution in [0.15, 0.2) is 59.5 Å². The molecule has 2 nitrogen and oxygen atoms in total. The molecule has 0 saturated carbocycles. The van der Waals surface area contributed by atoms with Gasteiger partial charge in [-0.15, -0.1) is 0 Å². The van der Waals surface area contributed by atoms with Crippen LogP contribution in [0.3, 0.4) is 0 Å². The van der Waals surface area contributed by atoms with Crippen LogP contribution in [0.4, 0.5) is 0 Å². The Morgan fingerprint density at radius 1 is 0.824 bits per heavy atom. The Bertz CT molecular complexity index is 532. The molecule has 0 amide bonds. The number of rotatable bonds is 3. The highest BCUT2D eigenvalue weighted by molar-refractivity contribution is 7.82. The molecule has 1 atom stereocenters. The van der Waals surface area contributed by atoms with E-state index in [1.165, 1.54) is 0 Å². The maximum Gasteiger partial charge on any atom is 0.122 e. The normalized spacial score (nSPS) is 12.8. The molecule has 17 heavy (non-hydrogen) atoms. The second-order valence-corrected chi connectivity index (χ2v) is 4.68. The first-order chi connectivity index (χ1) is 8.25. The molecule has 3 heteroatoms. The van der Waals surface area contributed by atoms with Crippen molar-refractivity contribution in [3.8, 4) is 0 Å². The first kappa shape index (κ1) is 11.8. The molecule has 0 aromatic heterocycles. The van der Waals surface area contributed by atoms with E-state index >= 15 is 0 Å². The van der Waals surface area contributed by atoms with Gasteiger partial charge in [0.15, 0.2) is 0 Å². The lowest BCUT2D eigenvalue weighted by molar-refractivity contribution is 0.684. The molecule has 2 aromatic carbocycles. The summed E-state index contributed by atoms with van der Waals surface area (Å²) in [5.41, 5.74) is 2.21. The van der Waals surface area contributed by atoms with Crippen molar-refractivity contribution in [3.05, 3.63) is 65.7 Å². The zero-order valence-corrected chi connectivity index (χ0v) is 10.1. The molecule has 0 radical (unpaired) electrons. The van der Waals surface area contributed by atoms with Gasteiger partial charge in [0.2, 0.25) is 0 Å². The number of hydrogen-bond donors (Lipinski definition) is 1. The van der Waals surface area contributed by atoms with Crippen LogP contribution in [-0.4, -0.2) is 4.21 Å². The molecule has 0 heterocycles. The van der Waals surface area contributed by atoms with Gasteiger partial charge >= 0.3 is 0 Å². The van der Waals surface area contributed by atoms with Gasteiger partial charge in [0.25, 0.3) is 0 Å². The van der Waals surface area contributed by atoms with Gasteiger partial charge < -0.3 is 0 Å². The summed E-state index contributed by atoms with van der Waals surface area (Å²) in [4.78, 5) is 0.641. The van der Waals surface area contributed by atoms with Crippen molar-refractivity contribution in [2.45, 2.75) is 4.90 Å². The van der Waals surface area contributed by atoms with Gasteiger partial charge in [-0.1, -0.05) is 54.6 Å². The Hall–Kier alpha value is -1.71. The van der Waals surface area contributed by atoms with Gasteiger partial charge in [-0.2, -0.15) is 0 Å². The predicted molar refractivity (Wildman–Crippen MR) is 72.4 cm³/mol. The second-order valence-electron chi connectivity index (χ2n) is 3.61. The van der Waals surface area contributed by atoms with Gasteiger partial charge in [-0.3, -0.25) is 0 Å². The van der Waals surface area contributed by atoms with Gasteiger partial charge in [0, 0.05) is 0 Å². The van der Waals surface area contributed by atoms with Crippen LogP contribution in [0.5, 0.6) is 0 Å². The Labute approximate surface area is 103 Å². The highest BCUT2D eigenvalue weighted by Gasteiger charge is 1.95. The first-order valence-electron chi connectivity index (χ1n) is 5.25. The Balaban J connectivity index is 2.14. The monoisotopic (exact) mass is 243 g/mol. The van der Waals surface area contributed by atoms with Crippen molar-refractivity contribution >= 4 is 23.1 Å². The van der Waals surface area contributed by atoms with Crippen LogP contribution in [0.25, 0.3) is 12.2 Å². The van der Waals surface area contributed by atoms with E-state index in [1.54, 1.807) is 12.1 Å². The zero-order valence-electron chi connectivity index (χ0n) is 9.24. The molecule has 0 bridgehead atoms. The summed E-state index contributed by atoms with van der Waals surface area (Å²) >= 11 is 0. The average molecular weight is 243 g/mol. The topological polar surface area (TPSA) is 43.1 Å². The smallest absolute Gasteiger partial charge is 0.122 e. The number of benzene rings is 2. The Morgan fingerprint density at radius 3 is 1.88 bits per heavy atom. The van der Waals surface area contributed by atoms with Crippen LogP contribution in [0.2, 0.25) is 0 Å². The lowest BCUT2D eigenvalue weighted by Gasteiger charge is -1.97. The molecule has 0 aliphatic rings. The molecule has 86 valence electrons. The van der Waals surface area contributed by atoms with Gasteiger partial charge in [0.05, 0.1) is 4.90 Å². The second kappa shape index (κ2) is 5.57. The molecule has 0 saturated heterocycles. The zero-order chi connectivity index (χ0) is 12.1. The van der Waals surface area contributed by atoms with Crippen LogP contribution in [0, 0.1) is 0 Å². The molecular formula is C14H13NOS. The summed E-state index contributed by atoms with van der Waals surface area (Å²) in [6, 6.07) is 17.4. The Morgan fingerprint density at radius 2 is 1.35 bits per heavy atom. The third-order valence-electron chi connectivity index (χ3n) is 2.38. The fourth-order valence-electron chi connectivity index (χ4n) is 1.47. The summed E-state index contributed by atoms with van der Waals surface area (Å²) in [6.45, 7) is 0. The summed E-state index contributed by atoms with van der Waals surface area (Å²) in [6.07, 6.45) is 4.05. The average Bonchev–Trinajstić information content (AvgIpc) is 2.38. The fraction of sp³-hybridized carbons (Fsp3) is 0. The molecule has 0 spiro atoms. The van der Waals surface area contributed by atoms with Crippen LogP contribution < -0.4 is 5.14 Å². The predicted octanol–water partition coefficient (Wildman–Crippen LogP) is 2.84. The SMILES string of the molecule is N[S@@](=O)c1ccc(C=Cc2ccccc2)cc1. The summed E-state index contributed by atoms with van der Waals surface area (Å²) in [7, 11) is -1.40. The third-order valence-corrected chi connectivity index (χ3v) is 3.12. The standard InChI is InChI=1S/C14H13NOS/c15-17(16)14-10-8-13(9-11-14)7-6-12-4-2-1-3-5-12/h1-11H,15H2/t17-/m0/s1. The van der Waals surface area contributed by atoms with E-state index in [1.807, 2.05) is 54.6 Å². The quantitative estimate of drug-likeness (QED) is 0.828. The largest absolute Gasteiger partial charge is 0.248 e. The summed E-state index contributed by atoms with van der Waals surface area (Å²) in [5, 5.41) is 5.28. The molecular weight excluding hydrogens is 230 g/mol. The van der Waals surface area contributed by atoms with Gasteiger partial charge in [-0.05, 0) is 23.3 Å². The summed E-state index contributed by atoms with van der Waals surface area (Å²) in [5.74, 6) is 0. The van der Waals surface area contributed by atoms with Crippen molar-refractivity contribution < 1.29 is 4.21 Å². The van der Waals surface area contributed by atoms with E-state index in [0.717, 1.165) is 11.1 Å². The van der Waals surface area contributed by atoms with E-state index in [9.17, 15) is 4.21 Å². The van der Waals surface area contributed by atoms with E-state index in [4.69, 9.17) is 5.14 Å². The van der Waals surface area contributed by atoms with Crippen molar-refractivity contribution in [2.24, 2.45) is 5.14 Å². The highest BCUT2D eigenvalue weighted by Crippen LogP contribution is 2.10. The lowest BCUT2D eigenvalue weighted by Crippen LogP contribution is -2.01. The fourth-order valence-corrected chi connectivity index (χ4v) is 1.87. The third kappa shape index (κ3) is 3.37. The van der Waals surface area contributed by atoms with Crippen LogP contribution in [0.1, 0.15) is 11.1 Å². The van der Waals surface area contributed by atoms with Crippen LogP contribution >= 0.6 is 0 Å². The van der Waals surface area contributed by atoms with E-state index < -0.39 is 11.0 Å². The minimum absolute atomic E-state index is 0.641. The molecule has 0 unspecified atom stereocenters. The van der Waals surface area contributed by atoms with Gasteiger partial charge in [0.1, 0.15) is 11.0 Å². The molecule has 0 fully saturated rings. The van der Waals surface area contributed by atoms with E-state index in [2.05, 4.69) is 0 Å². The minimum atomic E-state index is -1.40. The maximum atomic E-state index is 11.0. The van der Waals surface area contributed by atoms with Crippen molar-refractivity contribution in [1.82, 2.24) is 0 Å². The maximum absolute atomic E-state index is 11.0.